The van der Waals surface area contributed by atoms with Gasteiger partial charge < -0.3 is 20.1 Å². The average molecular weight is 526 g/mol. The van der Waals surface area contributed by atoms with Crippen LogP contribution in [0.1, 0.15) is 19.3 Å². The summed E-state index contributed by atoms with van der Waals surface area (Å²) in [5, 5.41) is 6.79. The number of hydrogen-bond donors (Lipinski definition) is 2. The summed E-state index contributed by atoms with van der Waals surface area (Å²) in [4.78, 5) is 23.7. The summed E-state index contributed by atoms with van der Waals surface area (Å²) in [6.45, 7) is 2.73. The second-order valence-electron chi connectivity index (χ2n) is 9.44. The van der Waals surface area contributed by atoms with Gasteiger partial charge in [0, 0.05) is 42.4 Å². The van der Waals surface area contributed by atoms with Crippen molar-refractivity contribution in [3.05, 3.63) is 59.7 Å². The molecule has 194 valence electrons. The number of hydrogen-bond acceptors (Lipinski definition) is 7. The molecule has 8 nitrogen and oxygen atoms in total. The van der Waals surface area contributed by atoms with E-state index in [4.69, 9.17) is 21.1 Å². The predicted molar refractivity (Wildman–Crippen MR) is 142 cm³/mol. The largest absolute Gasteiger partial charge is 0.491 e. The molecule has 2 aromatic carbocycles. The van der Waals surface area contributed by atoms with Crippen molar-refractivity contribution in [2.75, 3.05) is 44.0 Å². The van der Waals surface area contributed by atoms with Gasteiger partial charge in [-0.15, -0.1) is 0 Å². The van der Waals surface area contributed by atoms with E-state index < -0.39 is 5.82 Å². The molecule has 2 heterocycles. The molecule has 3 aromatic rings. The van der Waals surface area contributed by atoms with E-state index >= 15 is 0 Å². The molecule has 1 aliphatic carbocycles. The van der Waals surface area contributed by atoms with E-state index in [0.29, 0.717) is 59.0 Å². The molecule has 37 heavy (non-hydrogen) atoms. The Morgan fingerprint density at radius 2 is 2.14 bits per heavy atom. The summed E-state index contributed by atoms with van der Waals surface area (Å²) in [5.74, 6) is 0.824. The lowest BCUT2D eigenvalue weighted by molar-refractivity contribution is -0.111. The molecular weight excluding hydrogens is 497 g/mol. The van der Waals surface area contributed by atoms with Crippen molar-refractivity contribution in [3.63, 3.8) is 0 Å². The van der Waals surface area contributed by atoms with E-state index in [1.165, 1.54) is 24.5 Å². The van der Waals surface area contributed by atoms with E-state index in [-0.39, 0.29) is 10.9 Å². The van der Waals surface area contributed by atoms with E-state index in [0.717, 1.165) is 32.5 Å². The Kier molecular flexibility index (Phi) is 7.83. The fourth-order valence-electron chi connectivity index (χ4n) is 4.12. The van der Waals surface area contributed by atoms with Crippen molar-refractivity contribution in [1.82, 2.24) is 14.9 Å². The van der Waals surface area contributed by atoms with Crippen molar-refractivity contribution in [3.8, 4) is 5.75 Å². The Morgan fingerprint density at radius 1 is 1.27 bits per heavy atom. The monoisotopic (exact) mass is 525 g/mol. The molecule has 0 spiro atoms. The minimum Gasteiger partial charge on any atom is -0.491 e. The topological polar surface area (TPSA) is 88.6 Å². The van der Waals surface area contributed by atoms with Crippen LogP contribution < -0.4 is 15.4 Å². The van der Waals surface area contributed by atoms with Gasteiger partial charge in [-0.25, -0.2) is 14.4 Å². The fraction of sp³-hybridized carbons (Fsp3) is 0.370. The number of likely N-dealkylation sites (N-methyl/N-ethyl adjacent to an activating group) is 1. The highest BCUT2D eigenvalue weighted by atomic mass is 35.5. The molecule has 1 aromatic heterocycles. The molecule has 1 unspecified atom stereocenters. The minimum atomic E-state index is -0.502. The average Bonchev–Trinajstić information content (AvgIpc) is 3.55. The normalized spacial score (nSPS) is 17.6. The number of nitrogens with one attached hydrogen (secondary N) is 2. The zero-order valence-corrected chi connectivity index (χ0v) is 21.3. The van der Waals surface area contributed by atoms with Gasteiger partial charge in [0.2, 0.25) is 5.91 Å². The molecule has 2 fully saturated rings. The molecule has 2 aliphatic rings. The standard InChI is InChI=1S/C27H29ClFN5O3/c1-34(19-8-10-36-15-19)9-2-3-26(35)33-24-12-20-23(13-25(24)37-14-17-4-5-17)30-16-31-27(20)32-18-6-7-22(29)21(28)11-18/h2-3,6-7,11-13,16-17,19H,4-5,8-10,14-15H2,1H3,(H,33,35)(H,30,31,32)/b3-2+. The van der Waals surface area contributed by atoms with Crippen LogP contribution in [0.25, 0.3) is 10.9 Å². The zero-order chi connectivity index (χ0) is 25.8. The van der Waals surface area contributed by atoms with Crippen LogP contribution in [-0.2, 0) is 9.53 Å². The third-order valence-corrected chi connectivity index (χ3v) is 6.83. The lowest BCUT2D eigenvalue weighted by Crippen LogP contribution is -2.32. The number of carbonyl (C=O) groups excluding carboxylic acids is 1. The quantitative estimate of drug-likeness (QED) is 0.353. The first kappa shape index (κ1) is 25.4. The molecule has 2 N–H and O–H groups in total. The van der Waals surface area contributed by atoms with Gasteiger partial charge in [0.25, 0.3) is 0 Å². The Labute approximate surface area is 219 Å². The van der Waals surface area contributed by atoms with E-state index in [2.05, 4.69) is 25.5 Å². The molecule has 0 bridgehead atoms. The van der Waals surface area contributed by atoms with E-state index in [1.54, 1.807) is 18.2 Å². The number of benzene rings is 2. The summed E-state index contributed by atoms with van der Waals surface area (Å²) in [7, 11) is 2.03. The van der Waals surface area contributed by atoms with Gasteiger partial charge in [-0.1, -0.05) is 17.7 Å². The van der Waals surface area contributed by atoms with Crippen molar-refractivity contribution in [2.45, 2.75) is 25.3 Å². The molecule has 10 heteroatoms. The third-order valence-electron chi connectivity index (χ3n) is 6.54. The highest BCUT2D eigenvalue weighted by molar-refractivity contribution is 6.31. The summed E-state index contributed by atoms with van der Waals surface area (Å²) >= 11 is 5.94. The Hall–Kier alpha value is -3.27. The highest BCUT2D eigenvalue weighted by Gasteiger charge is 2.23. The van der Waals surface area contributed by atoms with Crippen molar-refractivity contribution < 1.29 is 18.7 Å². The van der Waals surface area contributed by atoms with Crippen molar-refractivity contribution in [2.24, 2.45) is 5.92 Å². The molecular formula is C27H29ClFN5O3. The summed E-state index contributed by atoms with van der Waals surface area (Å²) in [5.41, 5.74) is 1.74. The van der Waals surface area contributed by atoms with Gasteiger partial charge in [0.05, 0.1) is 29.4 Å². The van der Waals surface area contributed by atoms with Crippen LogP contribution in [0, 0.1) is 11.7 Å². The van der Waals surface area contributed by atoms with Crippen LogP contribution >= 0.6 is 11.6 Å². The minimum absolute atomic E-state index is 0.00460. The third kappa shape index (κ3) is 6.54. The van der Waals surface area contributed by atoms with Gasteiger partial charge >= 0.3 is 0 Å². The van der Waals surface area contributed by atoms with Crippen molar-refractivity contribution >= 4 is 45.6 Å². The maximum atomic E-state index is 13.6. The van der Waals surface area contributed by atoms with E-state index in [9.17, 15) is 9.18 Å². The Bertz CT molecular complexity index is 1310. The van der Waals surface area contributed by atoms with Gasteiger partial charge in [0.15, 0.2) is 0 Å². The predicted octanol–water partition coefficient (Wildman–Crippen LogP) is 5.17. The Balaban J connectivity index is 1.37. The van der Waals surface area contributed by atoms with Crippen molar-refractivity contribution in [1.29, 1.82) is 0 Å². The smallest absolute Gasteiger partial charge is 0.248 e. The second-order valence-corrected chi connectivity index (χ2v) is 9.85. The molecule has 0 radical (unpaired) electrons. The molecule has 1 aliphatic heterocycles. The number of carbonyl (C=O) groups is 1. The molecule has 1 saturated heterocycles. The Morgan fingerprint density at radius 3 is 2.89 bits per heavy atom. The van der Waals surface area contributed by atoms with Gasteiger partial charge in [-0.2, -0.15) is 0 Å². The number of ether oxygens (including phenoxy) is 2. The van der Waals surface area contributed by atoms with Crippen LogP contribution in [-0.4, -0.2) is 60.2 Å². The molecule has 5 rings (SSSR count). The highest BCUT2D eigenvalue weighted by Crippen LogP contribution is 2.36. The molecule has 1 saturated carbocycles. The number of halogens is 2. The van der Waals surface area contributed by atoms with Crippen LogP contribution in [0.5, 0.6) is 5.75 Å². The summed E-state index contributed by atoms with van der Waals surface area (Å²) in [6.07, 6.45) is 8.10. The number of aromatic nitrogens is 2. The van der Waals surface area contributed by atoms with Gasteiger partial charge in [-0.3, -0.25) is 9.69 Å². The van der Waals surface area contributed by atoms with Crippen LogP contribution in [0.15, 0.2) is 48.8 Å². The lowest BCUT2D eigenvalue weighted by atomic mass is 10.1. The maximum absolute atomic E-state index is 13.6. The second kappa shape index (κ2) is 11.4. The van der Waals surface area contributed by atoms with Gasteiger partial charge in [0.1, 0.15) is 23.7 Å². The maximum Gasteiger partial charge on any atom is 0.248 e. The first-order chi connectivity index (χ1) is 18.0. The molecule has 1 atom stereocenters. The first-order valence-electron chi connectivity index (χ1n) is 12.4. The molecule has 1 amide bonds. The fourth-order valence-corrected chi connectivity index (χ4v) is 4.30. The number of amides is 1. The number of nitrogens with zero attached hydrogens (tertiary/aromatic N) is 3. The number of anilines is 3. The SMILES string of the molecule is CN(C/C=C/C(=O)Nc1cc2c(Nc3ccc(F)c(Cl)c3)ncnc2cc1OCC1CC1)C1CCOC1. The summed E-state index contributed by atoms with van der Waals surface area (Å²) in [6, 6.07) is 8.31. The van der Waals surface area contributed by atoms with Crippen LogP contribution in [0.3, 0.4) is 0 Å². The van der Waals surface area contributed by atoms with Gasteiger partial charge in [-0.05, 0) is 56.5 Å². The van der Waals surface area contributed by atoms with Crippen LogP contribution in [0.2, 0.25) is 5.02 Å². The van der Waals surface area contributed by atoms with E-state index in [1.807, 2.05) is 13.1 Å². The zero-order valence-electron chi connectivity index (χ0n) is 20.5. The first-order valence-corrected chi connectivity index (χ1v) is 12.7. The van der Waals surface area contributed by atoms with Crippen LogP contribution in [0.4, 0.5) is 21.6 Å². The number of fused-ring (bicyclic) bond motifs is 1. The number of rotatable bonds is 10. The summed E-state index contributed by atoms with van der Waals surface area (Å²) < 4.78 is 25.1. The lowest BCUT2D eigenvalue weighted by Gasteiger charge is -2.20.